The van der Waals surface area contributed by atoms with E-state index in [9.17, 15) is 4.79 Å². The summed E-state index contributed by atoms with van der Waals surface area (Å²) >= 11 is 6.45. The Morgan fingerprint density at radius 1 is 1.27 bits per heavy atom. The number of aromatic nitrogens is 2. The third kappa shape index (κ3) is 2.64. The lowest BCUT2D eigenvalue weighted by Crippen LogP contribution is -2.41. The van der Waals surface area contributed by atoms with Crippen molar-refractivity contribution in [3.05, 3.63) is 28.4 Å². The van der Waals surface area contributed by atoms with Gasteiger partial charge in [-0.1, -0.05) is 11.6 Å². The fourth-order valence-electron chi connectivity index (χ4n) is 3.18. The Balaban J connectivity index is 1.89. The van der Waals surface area contributed by atoms with Crippen molar-refractivity contribution in [2.24, 2.45) is 0 Å². The lowest BCUT2D eigenvalue weighted by atomic mass is 9.82. The van der Waals surface area contributed by atoms with Crippen molar-refractivity contribution >= 4 is 35.8 Å². The number of nitrogens with zero attached hydrogens (tertiary/aromatic N) is 2. The number of hydrogen-bond donors (Lipinski definition) is 0. The van der Waals surface area contributed by atoms with Crippen LogP contribution >= 0.6 is 11.6 Å². The molecule has 4 rings (SSSR count). The number of methoxy groups -OCH3 is 1. The van der Waals surface area contributed by atoms with E-state index in [1.807, 2.05) is 33.8 Å². The third-order valence-corrected chi connectivity index (χ3v) is 6.02. The van der Waals surface area contributed by atoms with Crippen LogP contribution in [0.4, 0.5) is 0 Å². The van der Waals surface area contributed by atoms with Crippen LogP contribution in [-0.2, 0) is 14.0 Å². The summed E-state index contributed by atoms with van der Waals surface area (Å²) in [6, 6.07) is 4.05. The molecule has 1 saturated carbocycles. The molecule has 0 amide bonds. The largest absolute Gasteiger partial charge is 0.514 e. The highest BCUT2D eigenvalue weighted by atomic mass is 35.5. The molecular formula is C18H22BClN2O4. The van der Waals surface area contributed by atoms with Crippen molar-refractivity contribution in [1.29, 1.82) is 0 Å². The Hall–Kier alpha value is -1.57. The third-order valence-electron chi connectivity index (χ3n) is 5.65. The molecule has 0 N–H and O–H groups in total. The monoisotopic (exact) mass is 376 g/mol. The minimum Gasteiger partial charge on any atom is -0.464 e. The molecule has 1 aliphatic heterocycles. The van der Waals surface area contributed by atoms with Crippen LogP contribution in [0.2, 0.25) is 5.02 Å². The van der Waals surface area contributed by atoms with Crippen LogP contribution in [0.25, 0.3) is 5.52 Å². The first-order valence-corrected chi connectivity index (χ1v) is 9.18. The van der Waals surface area contributed by atoms with Gasteiger partial charge in [0, 0.05) is 0 Å². The first kappa shape index (κ1) is 17.8. The zero-order valence-electron chi connectivity index (χ0n) is 15.6. The van der Waals surface area contributed by atoms with Gasteiger partial charge in [-0.05, 0) is 64.2 Å². The number of esters is 1. The van der Waals surface area contributed by atoms with E-state index in [0.717, 1.165) is 18.4 Å². The molecule has 6 nitrogen and oxygen atoms in total. The number of hydrogen-bond acceptors (Lipinski definition) is 5. The zero-order chi connectivity index (χ0) is 18.9. The summed E-state index contributed by atoms with van der Waals surface area (Å²) in [4.78, 5) is 12.0. The summed E-state index contributed by atoms with van der Waals surface area (Å²) in [5, 5.41) is 4.68. The molecule has 1 aliphatic carbocycles. The standard InChI is InChI=1S/C18H22BClN2O4/c1-17(2)18(3,4)26-19(25-17)13-9-11(10-6-7-10)8-12-14(20)15(16(23)24-5)21-22(12)13/h8-10H,6-7H2,1-5H3. The van der Waals surface area contributed by atoms with Crippen molar-refractivity contribution in [2.75, 3.05) is 7.11 Å². The molecule has 2 aliphatic rings. The second-order valence-corrected chi connectivity index (χ2v) is 8.41. The second kappa shape index (κ2) is 5.71. The molecule has 3 heterocycles. The predicted molar refractivity (Wildman–Crippen MR) is 99.2 cm³/mol. The van der Waals surface area contributed by atoms with E-state index < -0.39 is 24.3 Å². The Labute approximate surface area is 157 Å². The van der Waals surface area contributed by atoms with Gasteiger partial charge in [0.25, 0.3) is 0 Å². The number of halogens is 1. The van der Waals surface area contributed by atoms with Crippen LogP contribution in [0.5, 0.6) is 0 Å². The van der Waals surface area contributed by atoms with Crippen LogP contribution in [0.1, 0.15) is 62.5 Å². The molecule has 0 spiro atoms. The smallest absolute Gasteiger partial charge is 0.464 e. The zero-order valence-corrected chi connectivity index (χ0v) is 16.4. The molecule has 138 valence electrons. The lowest BCUT2D eigenvalue weighted by molar-refractivity contribution is 0.00578. The van der Waals surface area contributed by atoms with Crippen LogP contribution < -0.4 is 5.59 Å². The van der Waals surface area contributed by atoms with Crippen LogP contribution in [-0.4, -0.2) is 41.0 Å². The molecule has 2 aromatic rings. The highest BCUT2D eigenvalue weighted by molar-refractivity contribution is 6.61. The van der Waals surface area contributed by atoms with E-state index in [-0.39, 0.29) is 10.7 Å². The molecule has 8 heteroatoms. The van der Waals surface area contributed by atoms with E-state index in [2.05, 4.69) is 11.2 Å². The number of rotatable bonds is 3. The summed E-state index contributed by atoms with van der Waals surface area (Å²) < 4.78 is 18.9. The summed E-state index contributed by atoms with van der Waals surface area (Å²) in [5.41, 5.74) is 1.73. The predicted octanol–water partition coefficient (Wildman–Crippen LogP) is 2.95. The summed E-state index contributed by atoms with van der Waals surface area (Å²) in [6.07, 6.45) is 2.29. The van der Waals surface area contributed by atoms with Gasteiger partial charge in [0.15, 0.2) is 5.69 Å². The maximum atomic E-state index is 12.0. The van der Waals surface area contributed by atoms with E-state index in [1.54, 1.807) is 4.52 Å². The Kier molecular flexibility index (Phi) is 3.92. The molecule has 2 fully saturated rings. The van der Waals surface area contributed by atoms with Gasteiger partial charge in [-0.3, -0.25) is 0 Å². The van der Waals surface area contributed by atoms with Crippen LogP contribution in [0.15, 0.2) is 12.1 Å². The van der Waals surface area contributed by atoms with E-state index in [0.29, 0.717) is 11.4 Å². The molecule has 26 heavy (non-hydrogen) atoms. The molecule has 0 atom stereocenters. The van der Waals surface area contributed by atoms with Crippen LogP contribution in [0, 0.1) is 0 Å². The van der Waals surface area contributed by atoms with Crippen molar-refractivity contribution < 1.29 is 18.8 Å². The van der Waals surface area contributed by atoms with E-state index in [4.69, 9.17) is 25.6 Å². The number of fused-ring (bicyclic) bond motifs is 1. The quantitative estimate of drug-likeness (QED) is 0.609. The number of carbonyl (C=O) groups excluding carboxylic acids is 1. The maximum Gasteiger partial charge on any atom is 0.514 e. The minimum atomic E-state index is -0.595. The van der Waals surface area contributed by atoms with Gasteiger partial charge in [0.2, 0.25) is 0 Å². The first-order valence-electron chi connectivity index (χ1n) is 8.80. The minimum absolute atomic E-state index is 0.0971. The van der Waals surface area contributed by atoms with Gasteiger partial charge < -0.3 is 14.0 Å². The first-order chi connectivity index (χ1) is 12.1. The molecular weight excluding hydrogens is 354 g/mol. The Morgan fingerprint density at radius 3 is 2.42 bits per heavy atom. The van der Waals surface area contributed by atoms with Crippen LogP contribution in [0.3, 0.4) is 0 Å². The van der Waals surface area contributed by atoms with Gasteiger partial charge in [-0.25, -0.2) is 9.31 Å². The molecule has 0 unspecified atom stereocenters. The second-order valence-electron chi connectivity index (χ2n) is 8.03. The number of ether oxygens (including phenoxy) is 1. The average Bonchev–Trinajstić information content (AvgIpc) is 3.33. The Morgan fingerprint density at radius 2 is 1.88 bits per heavy atom. The van der Waals surface area contributed by atoms with Crippen molar-refractivity contribution in [3.8, 4) is 0 Å². The molecule has 2 aromatic heterocycles. The molecule has 0 bridgehead atoms. The van der Waals surface area contributed by atoms with Crippen molar-refractivity contribution in [1.82, 2.24) is 9.61 Å². The van der Waals surface area contributed by atoms with Gasteiger partial charge in [-0.15, -0.1) is 0 Å². The molecule has 0 aromatic carbocycles. The summed E-state index contributed by atoms with van der Waals surface area (Å²) in [5.74, 6) is -0.0553. The van der Waals surface area contributed by atoms with Gasteiger partial charge in [0.05, 0.1) is 29.4 Å². The normalized spacial score (nSPS) is 21.4. The van der Waals surface area contributed by atoms with Gasteiger partial charge >= 0.3 is 13.1 Å². The maximum absolute atomic E-state index is 12.0. The highest BCUT2D eigenvalue weighted by Gasteiger charge is 2.53. The molecule has 0 radical (unpaired) electrons. The van der Waals surface area contributed by atoms with E-state index in [1.165, 1.54) is 12.7 Å². The lowest BCUT2D eigenvalue weighted by Gasteiger charge is -2.32. The number of pyridine rings is 1. The highest BCUT2D eigenvalue weighted by Crippen LogP contribution is 2.42. The fraction of sp³-hybridized carbons (Fsp3) is 0.556. The average molecular weight is 377 g/mol. The van der Waals surface area contributed by atoms with E-state index >= 15 is 0 Å². The van der Waals surface area contributed by atoms with Gasteiger partial charge in [0.1, 0.15) is 5.02 Å². The van der Waals surface area contributed by atoms with Gasteiger partial charge in [-0.2, -0.15) is 5.10 Å². The Bertz CT molecular complexity index is 888. The fourth-order valence-corrected chi connectivity index (χ4v) is 3.43. The SMILES string of the molecule is COC(=O)c1nn2c(B3OC(C)(C)C(C)(C)O3)cc(C3CC3)cc2c1Cl. The van der Waals surface area contributed by atoms with Crippen molar-refractivity contribution in [2.45, 2.75) is 57.7 Å². The summed E-state index contributed by atoms with van der Waals surface area (Å²) in [6.45, 7) is 8.02. The molecule has 1 saturated heterocycles. The summed E-state index contributed by atoms with van der Waals surface area (Å²) in [7, 11) is 0.718. The van der Waals surface area contributed by atoms with Crippen molar-refractivity contribution in [3.63, 3.8) is 0 Å². The topological polar surface area (TPSA) is 62.1 Å². The number of carbonyl (C=O) groups is 1.